The summed E-state index contributed by atoms with van der Waals surface area (Å²) in [5, 5.41) is 4.20. The van der Waals surface area contributed by atoms with Crippen molar-refractivity contribution >= 4 is 5.91 Å². The van der Waals surface area contributed by atoms with Crippen LogP contribution in [0, 0.1) is 11.3 Å². The van der Waals surface area contributed by atoms with E-state index in [9.17, 15) is 13.6 Å². The molecular weight excluding hydrogens is 314 g/mol. The number of amides is 1. The van der Waals surface area contributed by atoms with Crippen LogP contribution in [-0.4, -0.2) is 57.6 Å². The van der Waals surface area contributed by atoms with Gasteiger partial charge in [-0.2, -0.15) is 5.10 Å². The van der Waals surface area contributed by atoms with Gasteiger partial charge in [-0.1, -0.05) is 6.42 Å². The highest BCUT2D eigenvalue weighted by atomic mass is 19.3. The van der Waals surface area contributed by atoms with E-state index in [1.54, 1.807) is 6.20 Å². The lowest BCUT2D eigenvalue weighted by molar-refractivity contribution is -0.172. The molecule has 1 spiro atoms. The second-order valence-electron chi connectivity index (χ2n) is 7.76. The summed E-state index contributed by atoms with van der Waals surface area (Å²) in [4.78, 5) is 16.5. The van der Waals surface area contributed by atoms with Crippen LogP contribution < -0.4 is 0 Å². The summed E-state index contributed by atoms with van der Waals surface area (Å²) < 4.78 is 28.1. The van der Waals surface area contributed by atoms with Crippen LogP contribution in [0.1, 0.15) is 31.4 Å². The molecule has 0 unspecified atom stereocenters. The highest BCUT2D eigenvalue weighted by Gasteiger charge is 2.55. The molecule has 24 heavy (non-hydrogen) atoms. The summed E-state index contributed by atoms with van der Waals surface area (Å²) in [5.74, 6) is -2.80. The second-order valence-corrected chi connectivity index (χ2v) is 7.76. The normalized spacial score (nSPS) is 32.5. The lowest BCUT2D eigenvalue weighted by Gasteiger charge is -2.42. The topological polar surface area (TPSA) is 41.4 Å². The molecule has 2 saturated heterocycles. The van der Waals surface area contributed by atoms with Crippen LogP contribution in [0.2, 0.25) is 0 Å². The van der Waals surface area contributed by atoms with E-state index >= 15 is 0 Å². The number of rotatable bonds is 3. The van der Waals surface area contributed by atoms with Gasteiger partial charge in [0.05, 0.1) is 18.8 Å². The lowest BCUT2D eigenvalue weighted by atomic mass is 9.76. The van der Waals surface area contributed by atoms with Gasteiger partial charge in [0.1, 0.15) is 0 Å². The molecule has 5 nitrogen and oxygen atoms in total. The van der Waals surface area contributed by atoms with Gasteiger partial charge < -0.3 is 4.90 Å². The molecule has 3 heterocycles. The molecule has 7 heteroatoms. The third kappa shape index (κ3) is 2.62. The molecule has 2 aliphatic heterocycles. The van der Waals surface area contributed by atoms with Gasteiger partial charge in [-0.3, -0.25) is 14.4 Å². The van der Waals surface area contributed by atoms with Crippen molar-refractivity contribution < 1.29 is 13.6 Å². The number of likely N-dealkylation sites (tertiary alicyclic amines) is 2. The number of aryl methyl sites for hydroxylation is 1. The first-order valence-corrected chi connectivity index (χ1v) is 8.74. The number of halogens is 2. The zero-order valence-corrected chi connectivity index (χ0v) is 14.0. The first kappa shape index (κ1) is 16.0. The minimum atomic E-state index is -2.68. The monoisotopic (exact) mass is 338 g/mol. The van der Waals surface area contributed by atoms with E-state index in [0.29, 0.717) is 0 Å². The molecule has 3 aliphatic rings. The standard InChI is InChI=1S/C17H24F2N4O/c1-21-13(4-7-20-21)9-22-8-6-16(10-22)5-2-3-14(16)15(24)23-11-17(18,19)12-23/h4,7,14H,2-3,5-6,8-12H2,1H3/t14-,16-/m1/s1. The molecule has 0 aromatic carbocycles. The van der Waals surface area contributed by atoms with Gasteiger partial charge in [-0.05, 0) is 37.3 Å². The van der Waals surface area contributed by atoms with Crippen LogP contribution in [0.3, 0.4) is 0 Å². The quantitative estimate of drug-likeness (QED) is 0.845. The zero-order valence-electron chi connectivity index (χ0n) is 14.0. The third-order valence-electron chi connectivity index (χ3n) is 6.13. The van der Waals surface area contributed by atoms with Crippen molar-refractivity contribution in [1.29, 1.82) is 0 Å². The van der Waals surface area contributed by atoms with Crippen LogP contribution in [0.15, 0.2) is 12.3 Å². The van der Waals surface area contributed by atoms with E-state index in [4.69, 9.17) is 0 Å². The fraction of sp³-hybridized carbons (Fsp3) is 0.765. The third-order valence-corrected chi connectivity index (χ3v) is 6.13. The number of carbonyl (C=O) groups is 1. The Hall–Kier alpha value is -1.50. The van der Waals surface area contributed by atoms with Crippen LogP contribution >= 0.6 is 0 Å². The molecule has 2 atom stereocenters. The van der Waals surface area contributed by atoms with Gasteiger partial charge >= 0.3 is 0 Å². The average Bonchev–Trinajstić information content (AvgIpc) is 3.20. The van der Waals surface area contributed by atoms with Gasteiger partial charge in [0.15, 0.2) is 0 Å². The number of carbonyl (C=O) groups excluding carboxylic acids is 1. The van der Waals surface area contributed by atoms with Gasteiger partial charge in [0.2, 0.25) is 5.91 Å². The van der Waals surface area contributed by atoms with Crippen LogP contribution in [0.5, 0.6) is 0 Å². The molecule has 0 radical (unpaired) electrons. The minimum absolute atomic E-state index is 0.0133. The van der Waals surface area contributed by atoms with Crippen molar-refractivity contribution in [1.82, 2.24) is 19.6 Å². The Bertz CT molecular complexity index is 638. The highest BCUT2D eigenvalue weighted by molar-refractivity contribution is 5.81. The Balaban J connectivity index is 1.43. The largest absolute Gasteiger partial charge is 0.330 e. The van der Waals surface area contributed by atoms with Crippen LogP contribution in [0.4, 0.5) is 8.78 Å². The molecule has 132 valence electrons. The molecule has 1 saturated carbocycles. The lowest BCUT2D eigenvalue weighted by Crippen LogP contribution is -2.60. The van der Waals surface area contributed by atoms with Gasteiger partial charge in [0, 0.05) is 32.3 Å². The maximum Gasteiger partial charge on any atom is 0.282 e. The minimum Gasteiger partial charge on any atom is -0.330 e. The maximum atomic E-state index is 13.1. The van der Waals surface area contributed by atoms with E-state index < -0.39 is 19.0 Å². The average molecular weight is 338 g/mol. The van der Waals surface area contributed by atoms with Gasteiger partial charge in [0.25, 0.3) is 5.92 Å². The Morgan fingerprint density at radius 3 is 2.79 bits per heavy atom. The zero-order chi connectivity index (χ0) is 16.9. The number of aromatic nitrogens is 2. The molecule has 1 aromatic heterocycles. The summed E-state index contributed by atoms with van der Waals surface area (Å²) in [7, 11) is 1.94. The Kier molecular flexibility index (Phi) is 3.67. The number of alkyl halides is 2. The highest BCUT2D eigenvalue weighted by Crippen LogP contribution is 2.51. The molecule has 3 fully saturated rings. The SMILES string of the molecule is Cn1nccc1CN1CC[C@]2(CCC[C@@H]2C(=O)N2CC(F)(F)C2)C1. The first-order valence-electron chi connectivity index (χ1n) is 8.74. The molecule has 1 aromatic rings. The van der Waals surface area contributed by atoms with Crippen molar-refractivity contribution in [2.75, 3.05) is 26.2 Å². The molecule has 1 aliphatic carbocycles. The van der Waals surface area contributed by atoms with Crippen molar-refractivity contribution in [2.24, 2.45) is 18.4 Å². The van der Waals surface area contributed by atoms with E-state index in [2.05, 4.69) is 10.00 Å². The van der Waals surface area contributed by atoms with Crippen molar-refractivity contribution in [3.8, 4) is 0 Å². The van der Waals surface area contributed by atoms with E-state index in [0.717, 1.165) is 51.0 Å². The summed E-state index contributed by atoms with van der Waals surface area (Å²) in [6.45, 7) is 1.90. The van der Waals surface area contributed by atoms with Crippen molar-refractivity contribution in [3.63, 3.8) is 0 Å². The van der Waals surface area contributed by atoms with Crippen molar-refractivity contribution in [3.05, 3.63) is 18.0 Å². The van der Waals surface area contributed by atoms with E-state index in [1.165, 1.54) is 4.90 Å². The molecule has 0 bridgehead atoms. The Morgan fingerprint density at radius 2 is 2.12 bits per heavy atom. The van der Waals surface area contributed by atoms with Crippen molar-refractivity contribution in [2.45, 2.75) is 38.2 Å². The van der Waals surface area contributed by atoms with Crippen LogP contribution in [-0.2, 0) is 18.4 Å². The van der Waals surface area contributed by atoms with Gasteiger partial charge in [-0.15, -0.1) is 0 Å². The molecule has 4 rings (SSSR count). The van der Waals surface area contributed by atoms with Crippen LogP contribution in [0.25, 0.3) is 0 Å². The second kappa shape index (κ2) is 5.51. The van der Waals surface area contributed by atoms with E-state index in [-0.39, 0.29) is 17.2 Å². The number of nitrogens with zero attached hydrogens (tertiary/aromatic N) is 4. The summed E-state index contributed by atoms with van der Waals surface area (Å²) >= 11 is 0. The fourth-order valence-electron chi connectivity index (χ4n) is 4.81. The summed E-state index contributed by atoms with van der Waals surface area (Å²) in [6.07, 6.45) is 5.70. The molecule has 0 N–H and O–H groups in total. The maximum absolute atomic E-state index is 13.1. The fourth-order valence-corrected chi connectivity index (χ4v) is 4.81. The number of hydrogen-bond acceptors (Lipinski definition) is 3. The number of hydrogen-bond donors (Lipinski definition) is 0. The predicted octanol–water partition coefficient (Wildman–Crippen LogP) is 1.89. The van der Waals surface area contributed by atoms with E-state index in [1.807, 2.05) is 17.8 Å². The first-order chi connectivity index (χ1) is 11.4. The molecule has 1 amide bonds. The smallest absolute Gasteiger partial charge is 0.282 e. The Labute approximate surface area is 140 Å². The summed E-state index contributed by atoms with van der Waals surface area (Å²) in [5.41, 5.74) is 1.15. The summed E-state index contributed by atoms with van der Waals surface area (Å²) in [6, 6.07) is 2.02. The van der Waals surface area contributed by atoms with Gasteiger partial charge in [-0.25, -0.2) is 8.78 Å². The Morgan fingerprint density at radius 1 is 1.33 bits per heavy atom. The molecular formula is C17H24F2N4O. The predicted molar refractivity (Wildman–Crippen MR) is 84.4 cm³/mol.